The van der Waals surface area contributed by atoms with E-state index in [0.717, 1.165) is 11.3 Å². The van der Waals surface area contributed by atoms with Gasteiger partial charge in [0.2, 0.25) is 5.95 Å². The molecule has 1 unspecified atom stereocenters. The summed E-state index contributed by atoms with van der Waals surface area (Å²) in [5.74, 6) is 1.54. The second kappa shape index (κ2) is 8.58. The van der Waals surface area contributed by atoms with Gasteiger partial charge in [-0.15, -0.1) is 0 Å². The number of H-pyrrole nitrogens is 1. The highest BCUT2D eigenvalue weighted by molar-refractivity contribution is 5.58. The summed E-state index contributed by atoms with van der Waals surface area (Å²) in [6, 6.07) is 18.5. The molecule has 9 nitrogen and oxygen atoms in total. The van der Waals surface area contributed by atoms with Crippen molar-refractivity contribution < 1.29 is 5.11 Å². The van der Waals surface area contributed by atoms with E-state index in [9.17, 15) is 9.90 Å². The molecule has 0 saturated heterocycles. The van der Waals surface area contributed by atoms with Gasteiger partial charge in [0.1, 0.15) is 11.6 Å². The summed E-state index contributed by atoms with van der Waals surface area (Å²) in [5, 5.41) is 22.9. The third kappa shape index (κ3) is 4.36. The molecule has 2 aromatic carbocycles. The maximum atomic E-state index is 12.0. The van der Waals surface area contributed by atoms with Crippen molar-refractivity contribution >= 4 is 17.5 Å². The van der Waals surface area contributed by atoms with Gasteiger partial charge in [-0.2, -0.15) is 10.1 Å². The highest BCUT2D eigenvalue weighted by Gasteiger charge is 2.09. The molecule has 4 aromatic rings. The van der Waals surface area contributed by atoms with Crippen molar-refractivity contribution in [3.05, 3.63) is 88.7 Å². The normalized spacial score (nSPS) is 11.8. The fraction of sp³-hybridized carbons (Fsp3) is 0.143. The molecule has 1 atom stereocenters. The summed E-state index contributed by atoms with van der Waals surface area (Å²) < 4.78 is 1.48. The zero-order valence-corrected chi connectivity index (χ0v) is 16.3. The summed E-state index contributed by atoms with van der Waals surface area (Å²) in [6.07, 6.45) is 0.979. The van der Waals surface area contributed by atoms with Gasteiger partial charge in [-0.05, 0) is 36.8 Å². The summed E-state index contributed by atoms with van der Waals surface area (Å²) >= 11 is 0. The van der Waals surface area contributed by atoms with E-state index in [2.05, 4.69) is 30.8 Å². The Kier molecular flexibility index (Phi) is 5.53. The Bertz CT molecular complexity index is 1190. The first-order chi connectivity index (χ1) is 14.6. The zero-order chi connectivity index (χ0) is 20.9. The van der Waals surface area contributed by atoms with E-state index in [0.29, 0.717) is 29.8 Å². The van der Waals surface area contributed by atoms with E-state index in [1.54, 1.807) is 19.2 Å². The molecule has 0 aliphatic carbocycles. The van der Waals surface area contributed by atoms with Crippen molar-refractivity contribution in [1.29, 1.82) is 0 Å². The van der Waals surface area contributed by atoms with Crippen molar-refractivity contribution in [3.63, 3.8) is 0 Å². The molecule has 9 heteroatoms. The van der Waals surface area contributed by atoms with Crippen LogP contribution < -0.4 is 16.3 Å². The summed E-state index contributed by atoms with van der Waals surface area (Å²) in [5.41, 5.74) is 1.93. The lowest BCUT2D eigenvalue weighted by atomic mass is 10.1. The van der Waals surface area contributed by atoms with Crippen LogP contribution in [-0.2, 0) is 0 Å². The molecule has 0 fully saturated rings. The Balaban J connectivity index is 1.46. The smallest absolute Gasteiger partial charge is 0.347 e. The van der Waals surface area contributed by atoms with Crippen LogP contribution in [-0.4, -0.2) is 36.4 Å². The number of hydrogen-bond donors (Lipinski definition) is 4. The van der Waals surface area contributed by atoms with Gasteiger partial charge in [0.25, 0.3) is 0 Å². The molecule has 0 aliphatic rings. The average molecular weight is 403 g/mol. The van der Waals surface area contributed by atoms with Gasteiger partial charge in [-0.1, -0.05) is 36.4 Å². The number of anilines is 3. The molecule has 152 valence electrons. The maximum absolute atomic E-state index is 12.0. The molecule has 4 rings (SSSR count). The van der Waals surface area contributed by atoms with Crippen molar-refractivity contribution in [2.75, 3.05) is 17.2 Å². The van der Waals surface area contributed by atoms with Crippen LogP contribution in [0.5, 0.6) is 0 Å². The molecule has 0 spiro atoms. The van der Waals surface area contributed by atoms with Gasteiger partial charge >= 0.3 is 5.69 Å². The van der Waals surface area contributed by atoms with Crippen LogP contribution >= 0.6 is 0 Å². The van der Waals surface area contributed by atoms with Crippen molar-refractivity contribution in [3.8, 4) is 5.69 Å². The van der Waals surface area contributed by atoms with E-state index in [-0.39, 0.29) is 5.69 Å². The minimum atomic E-state index is -0.647. The molecule has 0 bridgehead atoms. The molecule has 0 saturated carbocycles. The fourth-order valence-electron chi connectivity index (χ4n) is 3.04. The predicted octanol–water partition coefficient (Wildman–Crippen LogP) is 2.55. The largest absolute Gasteiger partial charge is 0.387 e. The molecule has 30 heavy (non-hydrogen) atoms. The third-order valence-electron chi connectivity index (χ3n) is 4.52. The molecule has 2 heterocycles. The van der Waals surface area contributed by atoms with E-state index < -0.39 is 6.10 Å². The summed E-state index contributed by atoms with van der Waals surface area (Å²) in [7, 11) is 0. The minimum absolute atomic E-state index is 0.302. The first-order valence-electron chi connectivity index (χ1n) is 9.41. The van der Waals surface area contributed by atoms with Crippen LogP contribution in [0.15, 0.2) is 71.7 Å². The number of aryl methyl sites for hydroxylation is 1. The standard InChI is InChI=1S/C21H21N7O2/c1-14-26-27-21(30)28(14)17-9-5-8-16(12-17)24-20-22-11-10-19(25-20)23-13-18(29)15-6-3-2-4-7-15/h2-12,18,29H,13H2,1H3,(H,27,30)(H2,22,23,24,25). The molecule has 2 aromatic heterocycles. The first-order valence-corrected chi connectivity index (χ1v) is 9.41. The number of aliphatic hydroxyl groups is 1. The van der Waals surface area contributed by atoms with Gasteiger partial charge in [-0.25, -0.2) is 19.4 Å². The first kappa shape index (κ1) is 19.3. The Morgan fingerprint density at radius 3 is 2.73 bits per heavy atom. The number of nitrogens with one attached hydrogen (secondary N) is 3. The number of aromatic nitrogens is 5. The maximum Gasteiger partial charge on any atom is 0.347 e. The number of hydrogen-bond acceptors (Lipinski definition) is 7. The number of nitrogens with zero attached hydrogens (tertiary/aromatic N) is 4. The lowest BCUT2D eigenvalue weighted by Gasteiger charge is -2.13. The van der Waals surface area contributed by atoms with Crippen LogP contribution in [0.3, 0.4) is 0 Å². The Labute approximate surface area is 172 Å². The monoisotopic (exact) mass is 403 g/mol. The van der Waals surface area contributed by atoms with Gasteiger partial charge in [0.05, 0.1) is 11.8 Å². The van der Waals surface area contributed by atoms with Gasteiger partial charge in [0.15, 0.2) is 0 Å². The summed E-state index contributed by atoms with van der Waals surface area (Å²) in [4.78, 5) is 20.6. The second-order valence-corrected chi connectivity index (χ2v) is 6.66. The Hall–Kier alpha value is -3.98. The molecular formula is C21H21N7O2. The van der Waals surface area contributed by atoms with Crippen LogP contribution in [0.25, 0.3) is 5.69 Å². The molecule has 0 radical (unpaired) electrons. The average Bonchev–Trinajstić information content (AvgIpc) is 3.11. The summed E-state index contributed by atoms with van der Waals surface area (Å²) in [6.45, 7) is 2.07. The lowest BCUT2D eigenvalue weighted by molar-refractivity contribution is 0.191. The van der Waals surface area contributed by atoms with E-state index in [1.807, 2.05) is 54.6 Å². The lowest BCUT2D eigenvalue weighted by Crippen LogP contribution is -2.16. The minimum Gasteiger partial charge on any atom is -0.387 e. The van der Waals surface area contributed by atoms with Crippen LogP contribution in [0.1, 0.15) is 17.5 Å². The Morgan fingerprint density at radius 2 is 1.97 bits per heavy atom. The second-order valence-electron chi connectivity index (χ2n) is 6.66. The molecular weight excluding hydrogens is 382 g/mol. The van der Waals surface area contributed by atoms with Crippen molar-refractivity contribution in [2.24, 2.45) is 0 Å². The number of rotatable bonds is 7. The molecule has 0 amide bonds. The molecule has 4 N–H and O–H groups in total. The number of aromatic amines is 1. The Morgan fingerprint density at radius 1 is 1.13 bits per heavy atom. The van der Waals surface area contributed by atoms with Gasteiger partial charge in [0, 0.05) is 18.4 Å². The quantitative estimate of drug-likeness (QED) is 0.374. The highest BCUT2D eigenvalue weighted by atomic mass is 16.3. The van der Waals surface area contributed by atoms with Gasteiger partial charge < -0.3 is 15.7 Å². The van der Waals surface area contributed by atoms with Crippen LogP contribution in [0.4, 0.5) is 17.5 Å². The van der Waals surface area contributed by atoms with E-state index >= 15 is 0 Å². The zero-order valence-electron chi connectivity index (χ0n) is 16.3. The molecule has 0 aliphatic heterocycles. The van der Waals surface area contributed by atoms with E-state index in [4.69, 9.17) is 0 Å². The van der Waals surface area contributed by atoms with Crippen molar-refractivity contribution in [1.82, 2.24) is 24.7 Å². The topological polar surface area (TPSA) is 121 Å². The highest BCUT2D eigenvalue weighted by Crippen LogP contribution is 2.19. The third-order valence-corrected chi connectivity index (χ3v) is 4.52. The van der Waals surface area contributed by atoms with Crippen molar-refractivity contribution in [2.45, 2.75) is 13.0 Å². The van der Waals surface area contributed by atoms with Gasteiger partial charge in [-0.3, -0.25) is 0 Å². The fourth-order valence-corrected chi connectivity index (χ4v) is 3.04. The predicted molar refractivity (Wildman–Crippen MR) is 114 cm³/mol. The van der Waals surface area contributed by atoms with E-state index in [1.165, 1.54) is 4.57 Å². The number of benzene rings is 2. The van der Waals surface area contributed by atoms with Crippen LogP contribution in [0.2, 0.25) is 0 Å². The SMILES string of the molecule is Cc1n[nH]c(=O)n1-c1cccc(Nc2nccc(NCC(O)c3ccccc3)n2)c1. The number of aliphatic hydroxyl groups excluding tert-OH is 1. The van der Waals surface area contributed by atoms with Crippen LogP contribution in [0, 0.1) is 6.92 Å².